The lowest BCUT2D eigenvalue weighted by atomic mass is 10.1. The van der Waals surface area contributed by atoms with E-state index >= 15 is 0 Å². The Hall–Kier alpha value is -2.79. The zero-order chi connectivity index (χ0) is 13.9. The molecule has 1 aliphatic heterocycles. The molecule has 100 valence electrons. The number of carbonyl (C=O) groups is 1. The second kappa shape index (κ2) is 5.07. The number of hydrogen-bond acceptors (Lipinski definition) is 4. The number of ether oxygens (including phenoxy) is 1. The average Bonchev–Trinajstić information content (AvgIpc) is 2.90. The minimum absolute atomic E-state index is 0.311. The third-order valence-corrected chi connectivity index (χ3v) is 3.17. The summed E-state index contributed by atoms with van der Waals surface area (Å²) in [6, 6.07) is 9.26. The van der Waals surface area contributed by atoms with Crippen LogP contribution in [-0.2, 0) is 4.74 Å². The summed E-state index contributed by atoms with van der Waals surface area (Å²) in [7, 11) is 0. The smallest absolute Gasteiger partial charge is 0.410 e. The SMILES string of the molecule is [N-]=[N+]=N[C@H](c1ccc2ncccc2c1)N1CCOC1=O. The van der Waals surface area contributed by atoms with Crippen LogP contribution in [0.15, 0.2) is 41.6 Å². The Labute approximate surface area is 114 Å². The predicted octanol–water partition coefficient (Wildman–Crippen LogP) is 3.00. The van der Waals surface area contributed by atoms with Crippen LogP contribution in [0.2, 0.25) is 0 Å². The summed E-state index contributed by atoms with van der Waals surface area (Å²) in [4.78, 5) is 20.1. The van der Waals surface area contributed by atoms with Crippen LogP contribution in [0.3, 0.4) is 0 Å². The molecule has 20 heavy (non-hydrogen) atoms. The first-order valence-electron chi connectivity index (χ1n) is 6.12. The van der Waals surface area contributed by atoms with Gasteiger partial charge in [-0.25, -0.2) is 4.79 Å². The van der Waals surface area contributed by atoms with Crippen LogP contribution >= 0.6 is 0 Å². The van der Waals surface area contributed by atoms with E-state index in [2.05, 4.69) is 15.0 Å². The van der Waals surface area contributed by atoms with Gasteiger partial charge in [0.15, 0.2) is 0 Å². The largest absolute Gasteiger partial charge is 0.448 e. The maximum absolute atomic E-state index is 11.6. The van der Waals surface area contributed by atoms with Crippen molar-refractivity contribution < 1.29 is 9.53 Å². The molecular weight excluding hydrogens is 258 g/mol. The van der Waals surface area contributed by atoms with E-state index < -0.39 is 12.3 Å². The number of rotatable bonds is 3. The molecule has 0 radical (unpaired) electrons. The Morgan fingerprint density at radius 2 is 2.35 bits per heavy atom. The van der Waals surface area contributed by atoms with E-state index in [4.69, 9.17) is 10.3 Å². The molecule has 1 aromatic carbocycles. The number of fused-ring (bicyclic) bond motifs is 1. The highest BCUT2D eigenvalue weighted by molar-refractivity contribution is 5.79. The Kier molecular flexibility index (Phi) is 3.10. The zero-order valence-electron chi connectivity index (χ0n) is 10.5. The van der Waals surface area contributed by atoms with E-state index in [1.165, 1.54) is 4.90 Å². The summed E-state index contributed by atoms with van der Waals surface area (Å²) >= 11 is 0. The predicted molar refractivity (Wildman–Crippen MR) is 71.7 cm³/mol. The number of cyclic esters (lactones) is 1. The van der Waals surface area contributed by atoms with E-state index in [1.54, 1.807) is 12.3 Å². The number of aromatic nitrogens is 1. The van der Waals surface area contributed by atoms with Crippen molar-refractivity contribution in [1.29, 1.82) is 0 Å². The quantitative estimate of drug-likeness (QED) is 0.487. The maximum Gasteiger partial charge on any atom is 0.410 e. The molecule has 2 aromatic rings. The standard InChI is InChI=1S/C13H11N5O2/c14-17-16-12(18-6-7-20-13(18)19)10-3-4-11-9(8-10)2-1-5-15-11/h1-5,8,12H,6-7H2/t12-/m0/s1. The molecule has 1 amide bonds. The van der Waals surface area contributed by atoms with E-state index in [1.807, 2.05) is 24.3 Å². The zero-order valence-corrected chi connectivity index (χ0v) is 10.5. The number of azide groups is 1. The first-order chi connectivity index (χ1) is 9.79. The molecule has 7 heteroatoms. The van der Waals surface area contributed by atoms with Gasteiger partial charge in [0.05, 0.1) is 12.1 Å². The van der Waals surface area contributed by atoms with Crippen molar-refractivity contribution in [3.63, 3.8) is 0 Å². The van der Waals surface area contributed by atoms with Crippen LogP contribution in [0, 0.1) is 0 Å². The number of carbonyl (C=O) groups excluding carboxylic acids is 1. The fourth-order valence-electron chi connectivity index (χ4n) is 2.24. The second-order valence-electron chi connectivity index (χ2n) is 4.34. The van der Waals surface area contributed by atoms with Gasteiger partial charge in [-0.3, -0.25) is 9.88 Å². The minimum atomic E-state index is -0.695. The summed E-state index contributed by atoms with van der Waals surface area (Å²) in [5.41, 5.74) is 10.3. The molecule has 0 N–H and O–H groups in total. The molecule has 0 spiro atoms. The van der Waals surface area contributed by atoms with Gasteiger partial charge < -0.3 is 4.74 Å². The Bertz CT molecular complexity index is 711. The number of nitrogens with zero attached hydrogens (tertiary/aromatic N) is 5. The van der Waals surface area contributed by atoms with E-state index in [9.17, 15) is 4.79 Å². The van der Waals surface area contributed by atoms with E-state index in [-0.39, 0.29) is 0 Å². The highest BCUT2D eigenvalue weighted by atomic mass is 16.6. The first kappa shape index (κ1) is 12.3. The van der Waals surface area contributed by atoms with Crippen LogP contribution in [-0.4, -0.2) is 29.1 Å². The highest BCUT2D eigenvalue weighted by Gasteiger charge is 2.30. The van der Waals surface area contributed by atoms with Gasteiger partial charge in [-0.15, -0.1) is 0 Å². The molecule has 1 aliphatic rings. The molecule has 0 unspecified atom stereocenters. The maximum atomic E-state index is 11.6. The summed E-state index contributed by atoms with van der Waals surface area (Å²) in [5.74, 6) is 0. The molecule has 7 nitrogen and oxygen atoms in total. The van der Waals surface area contributed by atoms with Gasteiger partial charge >= 0.3 is 6.09 Å². The van der Waals surface area contributed by atoms with Crippen molar-refractivity contribution in [2.45, 2.75) is 6.17 Å². The van der Waals surface area contributed by atoms with Crippen molar-refractivity contribution in [3.05, 3.63) is 52.5 Å². The molecule has 0 bridgehead atoms. The van der Waals surface area contributed by atoms with Crippen LogP contribution in [0.25, 0.3) is 21.3 Å². The molecule has 2 heterocycles. The molecule has 0 saturated carbocycles. The van der Waals surface area contributed by atoms with Gasteiger partial charge in [0.25, 0.3) is 0 Å². The van der Waals surface area contributed by atoms with Gasteiger partial charge in [0, 0.05) is 16.5 Å². The summed E-state index contributed by atoms with van der Waals surface area (Å²) in [5, 5.41) is 4.65. The van der Waals surface area contributed by atoms with Gasteiger partial charge in [-0.05, 0) is 29.3 Å². The molecule has 0 aliphatic carbocycles. The van der Waals surface area contributed by atoms with Crippen molar-refractivity contribution in [1.82, 2.24) is 9.88 Å². The lowest BCUT2D eigenvalue weighted by Gasteiger charge is -2.21. The van der Waals surface area contributed by atoms with Crippen molar-refractivity contribution in [2.24, 2.45) is 5.11 Å². The van der Waals surface area contributed by atoms with Crippen LogP contribution < -0.4 is 0 Å². The van der Waals surface area contributed by atoms with Gasteiger partial charge in [0.1, 0.15) is 12.8 Å². The van der Waals surface area contributed by atoms with Crippen LogP contribution in [0.1, 0.15) is 11.7 Å². The Morgan fingerprint density at radius 3 is 3.10 bits per heavy atom. The normalized spacial score (nSPS) is 15.8. The average molecular weight is 269 g/mol. The van der Waals surface area contributed by atoms with Crippen LogP contribution in [0.4, 0.5) is 4.79 Å². The monoisotopic (exact) mass is 269 g/mol. The lowest BCUT2D eigenvalue weighted by molar-refractivity contribution is 0.148. The molecule has 1 aromatic heterocycles. The van der Waals surface area contributed by atoms with Crippen molar-refractivity contribution in [3.8, 4) is 0 Å². The third-order valence-electron chi connectivity index (χ3n) is 3.17. The molecule has 3 rings (SSSR count). The van der Waals surface area contributed by atoms with E-state index in [0.717, 1.165) is 16.5 Å². The summed E-state index contributed by atoms with van der Waals surface area (Å²) < 4.78 is 4.89. The van der Waals surface area contributed by atoms with Crippen molar-refractivity contribution >= 4 is 17.0 Å². The first-order valence-corrected chi connectivity index (χ1v) is 6.12. The van der Waals surface area contributed by atoms with Crippen LogP contribution in [0.5, 0.6) is 0 Å². The molecular formula is C13H11N5O2. The fraction of sp³-hybridized carbons (Fsp3) is 0.231. The number of benzene rings is 1. The summed E-state index contributed by atoms with van der Waals surface area (Å²) in [6.07, 6.45) is 0.554. The fourth-order valence-corrected chi connectivity index (χ4v) is 2.24. The number of amides is 1. The Morgan fingerprint density at radius 1 is 1.45 bits per heavy atom. The summed E-state index contributed by atoms with van der Waals surface area (Å²) in [6.45, 7) is 0.721. The minimum Gasteiger partial charge on any atom is -0.448 e. The lowest BCUT2D eigenvalue weighted by Crippen LogP contribution is -2.28. The Balaban J connectivity index is 2.04. The van der Waals surface area contributed by atoms with E-state index in [0.29, 0.717) is 13.2 Å². The van der Waals surface area contributed by atoms with Gasteiger partial charge in [-0.1, -0.05) is 17.2 Å². The molecule has 1 fully saturated rings. The second-order valence-corrected chi connectivity index (χ2v) is 4.34. The van der Waals surface area contributed by atoms with Gasteiger partial charge in [-0.2, -0.15) is 0 Å². The van der Waals surface area contributed by atoms with Gasteiger partial charge in [0.2, 0.25) is 0 Å². The third kappa shape index (κ3) is 2.10. The molecule has 1 atom stereocenters. The molecule has 1 saturated heterocycles. The number of pyridine rings is 1. The van der Waals surface area contributed by atoms with Crippen molar-refractivity contribution in [2.75, 3.05) is 13.2 Å². The topological polar surface area (TPSA) is 91.2 Å². The highest BCUT2D eigenvalue weighted by Crippen LogP contribution is 2.27. The number of hydrogen-bond donors (Lipinski definition) is 0.